The summed E-state index contributed by atoms with van der Waals surface area (Å²) >= 11 is 0. The van der Waals surface area contributed by atoms with Crippen LogP contribution in [0.15, 0.2) is 43.1 Å². The molecule has 0 radical (unpaired) electrons. The molecule has 0 saturated carbocycles. The second-order valence-corrected chi connectivity index (χ2v) is 7.06. The van der Waals surface area contributed by atoms with Crippen LogP contribution in [0, 0.1) is 11.8 Å². The SMILES string of the molecule is C=C[C@H]1CN2CC[C@H]1C[C@H]2C(N)c1ccnc2ccc(OC)cc12.Cl.Cl.Cl. The average Bonchev–Trinajstić information content (AvgIpc) is 2.66. The number of benzene rings is 1. The number of halogens is 3. The Morgan fingerprint density at radius 2 is 2.07 bits per heavy atom. The van der Waals surface area contributed by atoms with Crippen molar-refractivity contribution in [2.24, 2.45) is 17.6 Å². The van der Waals surface area contributed by atoms with Gasteiger partial charge in [-0.1, -0.05) is 6.08 Å². The first-order chi connectivity index (χ1) is 11.7. The van der Waals surface area contributed by atoms with Gasteiger partial charge in [-0.2, -0.15) is 0 Å². The van der Waals surface area contributed by atoms with E-state index < -0.39 is 0 Å². The highest BCUT2D eigenvalue weighted by atomic mass is 35.5. The summed E-state index contributed by atoms with van der Waals surface area (Å²) in [6, 6.07) is 8.48. The molecule has 3 fully saturated rings. The Labute approximate surface area is 179 Å². The number of nitrogens with zero attached hydrogens (tertiary/aromatic N) is 2. The fraction of sp³-hybridized carbons (Fsp3) is 0.450. The maximum absolute atomic E-state index is 6.76. The number of hydrogen-bond donors (Lipinski definition) is 1. The van der Waals surface area contributed by atoms with Gasteiger partial charge in [-0.25, -0.2) is 0 Å². The second kappa shape index (κ2) is 9.94. The van der Waals surface area contributed by atoms with Crippen molar-refractivity contribution < 1.29 is 4.74 Å². The molecule has 150 valence electrons. The largest absolute Gasteiger partial charge is 0.497 e. The van der Waals surface area contributed by atoms with Crippen molar-refractivity contribution in [1.29, 1.82) is 0 Å². The molecule has 1 aromatic carbocycles. The molecule has 3 aliphatic rings. The van der Waals surface area contributed by atoms with Crippen LogP contribution in [0.1, 0.15) is 24.4 Å². The summed E-state index contributed by atoms with van der Waals surface area (Å²) in [7, 11) is 1.69. The minimum Gasteiger partial charge on any atom is -0.497 e. The lowest BCUT2D eigenvalue weighted by atomic mass is 9.73. The molecule has 3 saturated heterocycles. The van der Waals surface area contributed by atoms with Crippen LogP contribution in [0.2, 0.25) is 0 Å². The number of aromatic nitrogens is 1. The smallest absolute Gasteiger partial charge is 0.119 e. The molecule has 1 aromatic heterocycles. The lowest BCUT2D eigenvalue weighted by Gasteiger charge is -2.51. The molecule has 4 nitrogen and oxygen atoms in total. The summed E-state index contributed by atoms with van der Waals surface area (Å²) in [6.45, 7) is 6.26. The van der Waals surface area contributed by atoms with E-state index in [4.69, 9.17) is 10.5 Å². The molecule has 2 unspecified atom stereocenters. The van der Waals surface area contributed by atoms with E-state index in [1.807, 2.05) is 18.3 Å². The van der Waals surface area contributed by atoms with Crippen LogP contribution in [-0.4, -0.2) is 36.1 Å². The van der Waals surface area contributed by atoms with Gasteiger partial charge < -0.3 is 10.5 Å². The number of fused-ring (bicyclic) bond motifs is 4. The molecule has 27 heavy (non-hydrogen) atoms. The zero-order valence-corrected chi connectivity index (χ0v) is 17.9. The van der Waals surface area contributed by atoms with E-state index in [0.29, 0.717) is 12.0 Å². The number of rotatable bonds is 4. The number of hydrogen-bond acceptors (Lipinski definition) is 4. The molecule has 5 atom stereocenters. The number of piperidine rings is 3. The standard InChI is InChI=1S/C20H25N3O.3ClH/c1-3-13-12-23-9-7-14(13)10-19(23)20(21)16-6-8-22-18-5-4-15(24-2)11-17(16)18;;;/h3-6,8,11,13-14,19-20H,1,7,9-10,12,21H2,2H3;3*1H/t13-,14-,19-,20?;;;/m0.../s1. The minimum absolute atomic E-state index is 0. The van der Waals surface area contributed by atoms with Gasteiger partial charge in [-0.15, -0.1) is 43.8 Å². The van der Waals surface area contributed by atoms with Gasteiger partial charge in [0, 0.05) is 30.2 Å². The van der Waals surface area contributed by atoms with E-state index in [9.17, 15) is 0 Å². The van der Waals surface area contributed by atoms with Crippen molar-refractivity contribution in [3.05, 3.63) is 48.7 Å². The van der Waals surface area contributed by atoms with Crippen molar-refractivity contribution >= 4 is 48.1 Å². The molecule has 2 aromatic rings. The van der Waals surface area contributed by atoms with Crippen LogP contribution in [0.25, 0.3) is 10.9 Å². The quantitative estimate of drug-likeness (QED) is 0.727. The van der Waals surface area contributed by atoms with Crippen LogP contribution in [0.5, 0.6) is 5.75 Å². The molecule has 2 N–H and O–H groups in total. The average molecular weight is 433 g/mol. The predicted octanol–water partition coefficient (Wildman–Crippen LogP) is 4.41. The van der Waals surface area contributed by atoms with Gasteiger partial charge in [0.2, 0.25) is 0 Å². The molecule has 0 amide bonds. The Morgan fingerprint density at radius 3 is 2.70 bits per heavy atom. The first-order valence-electron chi connectivity index (χ1n) is 8.76. The van der Waals surface area contributed by atoms with Crippen molar-refractivity contribution in [1.82, 2.24) is 9.88 Å². The first kappa shape index (κ1) is 24.0. The van der Waals surface area contributed by atoms with Gasteiger partial charge in [0.05, 0.1) is 12.6 Å². The van der Waals surface area contributed by atoms with Crippen molar-refractivity contribution in [3.8, 4) is 5.75 Å². The fourth-order valence-corrected chi connectivity index (χ4v) is 4.52. The van der Waals surface area contributed by atoms with Crippen molar-refractivity contribution in [3.63, 3.8) is 0 Å². The third-order valence-electron chi connectivity index (χ3n) is 5.91. The van der Waals surface area contributed by atoms with E-state index in [2.05, 4.69) is 34.7 Å². The van der Waals surface area contributed by atoms with Crippen molar-refractivity contribution in [2.45, 2.75) is 24.9 Å². The summed E-state index contributed by atoms with van der Waals surface area (Å²) in [4.78, 5) is 7.04. The van der Waals surface area contributed by atoms with Crippen LogP contribution < -0.4 is 10.5 Å². The lowest BCUT2D eigenvalue weighted by Crippen LogP contribution is -2.56. The fourth-order valence-electron chi connectivity index (χ4n) is 4.52. The third kappa shape index (κ3) is 4.36. The van der Waals surface area contributed by atoms with E-state index in [1.165, 1.54) is 12.0 Å². The lowest BCUT2D eigenvalue weighted by molar-refractivity contribution is 0.00749. The van der Waals surface area contributed by atoms with Crippen LogP contribution in [-0.2, 0) is 0 Å². The van der Waals surface area contributed by atoms with Gasteiger partial charge in [-0.3, -0.25) is 9.88 Å². The second-order valence-electron chi connectivity index (χ2n) is 7.06. The summed E-state index contributed by atoms with van der Waals surface area (Å²) in [5.41, 5.74) is 8.91. The van der Waals surface area contributed by atoms with Gasteiger partial charge in [0.15, 0.2) is 0 Å². The minimum atomic E-state index is -0.00354. The Morgan fingerprint density at radius 1 is 1.30 bits per heavy atom. The highest BCUT2D eigenvalue weighted by molar-refractivity contribution is 5.86. The molecule has 2 bridgehead atoms. The highest BCUT2D eigenvalue weighted by Gasteiger charge is 2.41. The van der Waals surface area contributed by atoms with E-state index in [1.54, 1.807) is 7.11 Å². The maximum atomic E-state index is 6.76. The Bertz CT molecular complexity index is 773. The first-order valence-corrected chi connectivity index (χ1v) is 8.76. The molecular weight excluding hydrogens is 405 g/mol. The third-order valence-corrected chi connectivity index (χ3v) is 5.91. The maximum Gasteiger partial charge on any atom is 0.119 e. The van der Waals surface area contributed by atoms with E-state index in [0.717, 1.165) is 42.1 Å². The van der Waals surface area contributed by atoms with Crippen LogP contribution in [0.4, 0.5) is 0 Å². The van der Waals surface area contributed by atoms with E-state index >= 15 is 0 Å². The molecule has 3 aliphatic heterocycles. The van der Waals surface area contributed by atoms with Gasteiger partial charge >= 0.3 is 0 Å². The molecule has 5 rings (SSSR count). The number of methoxy groups -OCH3 is 1. The molecule has 4 heterocycles. The van der Waals surface area contributed by atoms with Gasteiger partial charge in [0.25, 0.3) is 0 Å². The zero-order valence-electron chi connectivity index (χ0n) is 15.4. The summed E-state index contributed by atoms with van der Waals surface area (Å²) in [6.07, 6.45) is 6.43. The topological polar surface area (TPSA) is 51.4 Å². The molecule has 0 spiro atoms. The number of nitrogens with two attached hydrogens (primary N) is 1. The van der Waals surface area contributed by atoms with Crippen molar-refractivity contribution in [2.75, 3.05) is 20.2 Å². The zero-order chi connectivity index (χ0) is 16.7. The Kier molecular flexibility index (Phi) is 8.84. The Balaban J connectivity index is 0.00000121. The van der Waals surface area contributed by atoms with Crippen LogP contribution in [0.3, 0.4) is 0 Å². The number of pyridine rings is 1. The molecule has 0 aliphatic carbocycles. The van der Waals surface area contributed by atoms with Crippen LogP contribution >= 0.6 is 37.2 Å². The predicted molar refractivity (Wildman–Crippen MR) is 119 cm³/mol. The monoisotopic (exact) mass is 431 g/mol. The molecule has 7 heteroatoms. The van der Waals surface area contributed by atoms with Gasteiger partial charge in [0.1, 0.15) is 5.75 Å². The summed E-state index contributed by atoms with van der Waals surface area (Å²) in [5.74, 6) is 2.20. The summed E-state index contributed by atoms with van der Waals surface area (Å²) < 4.78 is 5.39. The molecular formula is C20H28Cl3N3O. The number of ether oxygens (including phenoxy) is 1. The van der Waals surface area contributed by atoms with Gasteiger partial charge in [-0.05, 0) is 61.1 Å². The normalized spacial score (nSPS) is 26.9. The highest BCUT2D eigenvalue weighted by Crippen LogP contribution is 2.41. The van der Waals surface area contributed by atoms with E-state index in [-0.39, 0.29) is 43.3 Å². The summed E-state index contributed by atoms with van der Waals surface area (Å²) in [5, 5.41) is 1.10. The Hall–Kier alpha value is -1.04.